The summed E-state index contributed by atoms with van der Waals surface area (Å²) < 4.78 is 0. The first-order valence-electron chi connectivity index (χ1n) is 14.0. The summed E-state index contributed by atoms with van der Waals surface area (Å²) in [5.74, 6) is 0.527. The molecule has 0 radical (unpaired) electrons. The van der Waals surface area contributed by atoms with Gasteiger partial charge in [0.05, 0.1) is 13.1 Å². The van der Waals surface area contributed by atoms with Gasteiger partial charge < -0.3 is 26.2 Å². The highest BCUT2D eigenvalue weighted by Gasteiger charge is 2.31. The van der Waals surface area contributed by atoms with Crippen molar-refractivity contribution in [2.45, 2.75) is 100.0 Å². The molecule has 2 unspecified atom stereocenters. The van der Waals surface area contributed by atoms with Crippen LogP contribution in [-0.4, -0.2) is 74.1 Å². The van der Waals surface area contributed by atoms with E-state index in [0.717, 1.165) is 13.0 Å². The number of amides is 4. The number of amidine groups is 1. The number of nitrogens with zero attached hydrogens (tertiary/aromatic N) is 1. The van der Waals surface area contributed by atoms with Gasteiger partial charge in [-0.05, 0) is 27.3 Å². The van der Waals surface area contributed by atoms with Crippen molar-refractivity contribution in [1.82, 2.24) is 26.2 Å². The van der Waals surface area contributed by atoms with Gasteiger partial charge in [-0.3, -0.25) is 24.6 Å². The minimum atomic E-state index is -0.218. The van der Waals surface area contributed by atoms with Crippen LogP contribution in [0.5, 0.6) is 0 Å². The molecule has 1 heterocycles. The van der Waals surface area contributed by atoms with E-state index in [4.69, 9.17) is 5.41 Å². The predicted octanol–water partition coefficient (Wildman–Crippen LogP) is 3.62. The molecule has 10 heteroatoms. The number of hydrogen-bond acceptors (Lipinski definition) is 6. The van der Waals surface area contributed by atoms with Crippen LogP contribution in [0.3, 0.4) is 0 Å². The molecule has 10 nitrogen and oxygen atoms in total. The number of unbranched alkanes of at least 4 members (excludes halogenated alkanes) is 3. The minimum Gasteiger partial charge on any atom is -0.355 e. The molecular formula is C28H58N6O4. The Labute approximate surface area is 232 Å². The fourth-order valence-electron chi connectivity index (χ4n) is 2.75. The number of hydrogen-bond donors (Lipinski definition) is 5. The topological polar surface area (TPSA) is 143 Å². The summed E-state index contributed by atoms with van der Waals surface area (Å²) in [5.41, 5.74) is 0. The molecule has 1 rings (SSSR count). The third kappa shape index (κ3) is 27.8. The van der Waals surface area contributed by atoms with E-state index in [2.05, 4.69) is 48.6 Å². The lowest BCUT2D eigenvalue weighted by atomic mass is 10.1. The third-order valence-electron chi connectivity index (χ3n) is 4.55. The highest BCUT2D eigenvalue weighted by molar-refractivity contribution is 6.04. The molecule has 1 saturated heterocycles. The van der Waals surface area contributed by atoms with Crippen LogP contribution in [0.25, 0.3) is 0 Å². The largest absolute Gasteiger partial charge is 0.355 e. The molecule has 5 N–H and O–H groups in total. The molecule has 0 aromatic heterocycles. The number of carbonyl (C=O) groups excluding carboxylic acids is 4. The van der Waals surface area contributed by atoms with Gasteiger partial charge in [-0.1, -0.05) is 73.3 Å². The van der Waals surface area contributed by atoms with Gasteiger partial charge in [-0.2, -0.15) is 0 Å². The fourth-order valence-corrected chi connectivity index (χ4v) is 2.75. The van der Waals surface area contributed by atoms with Gasteiger partial charge in [0.25, 0.3) is 0 Å². The number of likely N-dealkylation sites (tertiary alicyclic amines) is 1. The molecule has 0 aromatic carbocycles. The Morgan fingerprint density at radius 2 is 1.68 bits per heavy atom. The van der Waals surface area contributed by atoms with Gasteiger partial charge in [0.15, 0.2) is 0 Å². The Balaban J connectivity index is -0.000000216. The Bertz CT molecular complexity index is 620. The SMILES string of the molecule is C=CC(C)NC(=O)CNC=O.CC.CCC.CCCCCCN1C(=N)CC(C)C1=O.CCNC(=O)CNC. The van der Waals surface area contributed by atoms with E-state index >= 15 is 0 Å². The average molecular weight is 543 g/mol. The van der Waals surface area contributed by atoms with Crippen molar-refractivity contribution in [2.24, 2.45) is 5.92 Å². The minimum absolute atomic E-state index is 0.0156. The lowest BCUT2D eigenvalue weighted by molar-refractivity contribution is -0.129. The maximum atomic E-state index is 11.6. The lowest BCUT2D eigenvalue weighted by Gasteiger charge is -2.15. The van der Waals surface area contributed by atoms with Gasteiger partial charge in [-0.15, -0.1) is 6.58 Å². The second-order valence-electron chi connectivity index (χ2n) is 8.38. The standard InChI is InChI=1S/C11H20N2O.C7H12N2O2.C5H12N2O.C3H8.C2H6/c1-3-4-5-6-7-13-10(12)8-9(2)11(13)14;1-3-6(2)9-7(11)4-8-5-10;1-3-7-5(8)4-6-2;1-3-2;1-2/h9,12H,3-8H2,1-2H3;3,5-6H,1,4H2,2H3,(H,8,10)(H,9,11);6H,3-4H2,1-2H3,(H,7,8);3H2,1-2H3;1-2H3. The van der Waals surface area contributed by atoms with Crippen LogP contribution in [0.4, 0.5) is 0 Å². The molecule has 2 atom stereocenters. The summed E-state index contributed by atoms with van der Waals surface area (Å²) in [7, 11) is 1.75. The molecule has 0 spiro atoms. The van der Waals surface area contributed by atoms with Gasteiger partial charge in [0.2, 0.25) is 24.1 Å². The van der Waals surface area contributed by atoms with E-state index in [0.29, 0.717) is 31.8 Å². The number of carbonyl (C=O) groups is 4. The zero-order valence-electron chi connectivity index (χ0n) is 25.7. The van der Waals surface area contributed by atoms with Crippen LogP contribution in [-0.2, 0) is 19.2 Å². The molecule has 1 aliphatic heterocycles. The van der Waals surface area contributed by atoms with Crippen molar-refractivity contribution in [3.8, 4) is 0 Å². The highest BCUT2D eigenvalue weighted by Crippen LogP contribution is 2.19. The molecule has 0 bridgehead atoms. The van der Waals surface area contributed by atoms with E-state index in [1.54, 1.807) is 24.9 Å². The second-order valence-corrected chi connectivity index (χ2v) is 8.38. The fraction of sp³-hybridized carbons (Fsp3) is 0.750. The van der Waals surface area contributed by atoms with Gasteiger partial charge in [0, 0.05) is 31.5 Å². The molecule has 0 saturated carbocycles. The Morgan fingerprint density at radius 1 is 1.11 bits per heavy atom. The first-order chi connectivity index (χ1) is 18.1. The molecule has 1 aliphatic rings. The van der Waals surface area contributed by atoms with E-state index in [1.807, 2.05) is 27.7 Å². The normalized spacial score (nSPS) is 13.9. The van der Waals surface area contributed by atoms with Crippen LogP contribution in [0, 0.1) is 11.3 Å². The summed E-state index contributed by atoms with van der Waals surface area (Å²) in [5, 5.41) is 17.9. The lowest BCUT2D eigenvalue weighted by Crippen LogP contribution is -2.37. The highest BCUT2D eigenvalue weighted by atomic mass is 16.2. The smallest absolute Gasteiger partial charge is 0.239 e. The number of likely N-dealkylation sites (N-methyl/N-ethyl adjacent to an activating group) is 2. The molecular weight excluding hydrogens is 484 g/mol. The molecule has 38 heavy (non-hydrogen) atoms. The van der Waals surface area contributed by atoms with E-state index in [1.165, 1.54) is 25.7 Å². The summed E-state index contributed by atoms with van der Waals surface area (Å²) in [4.78, 5) is 44.2. The quantitative estimate of drug-likeness (QED) is 0.137. The summed E-state index contributed by atoms with van der Waals surface area (Å²) >= 11 is 0. The van der Waals surface area contributed by atoms with E-state index in [9.17, 15) is 19.2 Å². The summed E-state index contributed by atoms with van der Waals surface area (Å²) in [6, 6.07) is -0.0593. The molecule has 0 aliphatic carbocycles. The molecule has 4 amide bonds. The van der Waals surface area contributed by atoms with Crippen LogP contribution in [0.1, 0.15) is 93.9 Å². The Hall–Kier alpha value is -2.75. The van der Waals surface area contributed by atoms with Crippen molar-refractivity contribution in [3.63, 3.8) is 0 Å². The number of nitrogens with one attached hydrogen (secondary N) is 5. The Morgan fingerprint density at radius 3 is 2.08 bits per heavy atom. The summed E-state index contributed by atoms with van der Waals surface area (Å²) in [6.45, 7) is 21.4. The molecule has 224 valence electrons. The Kier molecular flexibility index (Phi) is 36.0. The van der Waals surface area contributed by atoms with Gasteiger partial charge in [-0.25, -0.2) is 0 Å². The number of rotatable bonds is 13. The maximum Gasteiger partial charge on any atom is 0.239 e. The van der Waals surface area contributed by atoms with Crippen LogP contribution in [0.15, 0.2) is 12.7 Å². The average Bonchev–Trinajstić information content (AvgIpc) is 3.13. The van der Waals surface area contributed by atoms with Crippen molar-refractivity contribution in [3.05, 3.63) is 12.7 Å². The third-order valence-corrected chi connectivity index (χ3v) is 4.55. The van der Waals surface area contributed by atoms with E-state index in [-0.39, 0.29) is 36.2 Å². The van der Waals surface area contributed by atoms with Crippen molar-refractivity contribution in [2.75, 3.05) is 33.2 Å². The monoisotopic (exact) mass is 542 g/mol. The second kappa shape index (κ2) is 32.3. The summed E-state index contributed by atoms with van der Waals surface area (Å²) in [6.07, 6.45) is 8.62. The zero-order valence-corrected chi connectivity index (χ0v) is 25.7. The molecule has 1 fully saturated rings. The zero-order chi connectivity index (χ0) is 30.4. The van der Waals surface area contributed by atoms with Crippen LogP contribution >= 0.6 is 0 Å². The van der Waals surface area contributed by atoms with Crippen LogP contribution < -0.4 is 21.3 Å². The van der Waals surface area contributed by atoms with Crippen LogP contribution in [0.2, 0.25) is 0 Å². The predicted molar refractivity (Wildman–Crippen MR) is 159 cm³/mol. The van der Waals surface area contributed by atoms with Gasteiger partial charge in [0.1, 0.15) is 5.84 Å². The van der Waals surface area contributed by atoms with Gasteiger partial charge >= 0.3 is 0 Å². The first kappa shape index (κ1) is 42.3. The van der Waals surface area contributed by atoms with Crippen molar-refractivity contribution in [1.29, 1.82) is 5.41 Å². The van der Waals surface area contributed by atoms with Crippen molar-refractivity contribution < 1.29 is 19.2 Å². The first-order valence-corrected chi connectivity index (χ1v) is 14.0. The molecule has 0 aromatic rings. The van der Waals surface area contributed by atoms with E-state index < -0.39 is 0 Å². The maximum absolute atomic E-state index is 11.6. The van der Waals surface area contributed by atoms with Crippen molar-refractivity contribution >= 4 is 30.0 Å².